The number of hydrogen-bond donors (Lipinski definition) is 2. The van der Waals surface area contributed by atoms with Gasteiger partial charge in [-0.05, 0) is 68.1 Å². The van der Waals surface area contributed by atoms with Crippen molar-refractivity contribution in [2.24, 2.45) is 41.1 Å². The zero-order valence-electron chi connectivity index (χ0n) is 12.4. The topological polar surface area (TPSA) is 52.0 Å². The summed E-state index contributed by atoms with van der Waals surface area (Å²) in [6.07, 6.45) is 7.78. The van der Waals surface area contributed by atoms with E-state index in [2.05, 4.69) is 20.8 Å². The molecule has 0 spiro atoms. The van der Waals surface area contributed by atoms with Gasteiger partial charge in [0.15, 0.2) is 0 Å². The first-order chi connectivity index (χ1) is 8.47. The molecule has 2 heteroatoms. The molecule has 18 heavy (non-hydrogen) atoms. The lowest BCUT2D eigenvalue weighted by atomic mass is 9.67. The third-order valence-corrected chi connectivity index (χ3v) is 5.58. The summed E-state index contributed by atoms with van der Waals surface area (Å²) in [5, 5.41) is 0. The van der Waals surface area contributed by atoms with E-state index in [-0.39, 0.29) is 0 Å². The van der Waals surface area contributed by atoms with Gasteiger partial charge in [0.05, 0.1) is 0 Å². The normalized spacial score (nSPS) is 47.8. The van der Waals surface area contributed by atoms with Crippen LogP contribution < -0.4 is 11.5 Å². The summed E-state index contributed by atoms with van der Waals surface area (Å²) < 4.78 is 0. The molecule has 6 unspecified atom stereocenters. The largest absolute Gasteiger partial charge is 0.327 e. The second-order valence-electron chi connectivity index (χ2n) is 7.47. The van der Waals surface area contributed by atoms with Crippen molar-refractivity contribution in [3.63, 3.8) is 0 Å². The van der Waals surface area contributed by atoms with Gasteiger partial charge >= 0.3 is 0 Å². The van der Waals surface area contributed by atoms with Crippen LogP contribution in [-0.2, 0) is 0 Å². The van der Waals surface area contributed by atoms with E-state index < -0.39 is 0 Å². The van der Waals surface area contributed by atoms with Crippen LogP contribution in [0.5, 0.6) is 0 Å². The first-order valence-electron chi connectivity index (χ1n) is 7.98. The van der Waals surface area contributed by atoms with Crippen molar-refractivity contribution >= 4 is 0 Å². The van der Waals surface area contributed by atoms with Crippen molar-refractivity contribution in [1.29, 1.82) is 0 Å². The molecule has 0 aliphatic heterocycles. The number of nitrogens with two attached hydrogens (primary N) is 2. The Kier molecular flexibility index (Phi) is 4.71. The quantitative estimate of drug-likeness (QED) is 0.793. The second kappa shape index (κ2) is 5.92. The molecule has 0 saturated heterocycles. The number of hydrogen-bond acceptors (Lipinski definition) is 2. The summed E-state index contributed by atoms with van der Waals surface area (Å²) in [4.78, 5) is 0. The minimum absolute atomic E-state index is 0.414. The predicted molar refractivity (Wildman–Crippen MR) is 78.1 cm³/mol. The van der Waals surface area contributed by atoms with Crippen LogP contribution >= 0.6 is 0 Å². The first kappa shape index (κ1) is 14.3. The molecule has 6 atom stereocenters. The molecule has 2 aliphatic rings. The molecule has 2 fully saturated rings. The molecule has 0 radical (unpaired) electrons. The Balaban J connectivity index is 1.92. The fourth-order valence-electron chi connectivity index (χ4n) is 4.52. The maximum atomic E-state index is 6.61. The lowest BCUT2D eigenvalue weighted by molar-refractivity contribution is 0.129. The Bertz CT molecular complexity index is 256. The van der Waals surface area contributed by atoms with Crippen LogP contribution in [0, 0.1) is 29.6 Å². The second-order valence-corrected chi connectivity index (χ2v) is 7.47. The standard InChI is InChI=1S/C16H32N2/c1-10-6-11(2)8-14(7-10)16(18)13-4-5-15(17)12(3)9-13/h10-16H,4-9,17-18H2,1-3H3. The van der Waals surface area contributed by atoms with E-state index >= 15 is 0 Å². The molecular weight excluding hydrogens is 220 g/mol. The molecule has 0 bridgehead atoms. The summed E-state index contributed by atoms with van der Waals surface area (Å²) in [5.41, 5.74) is 12.7. The maximum absolute atomic E-state index is 6.61. The van der Waals surface area contributed by atoms with Crippen LogP contribution in [0.25, 0.3) is 0 Å². The van der Waals surface area contributed by atoms with Crippen molar-refractivity contribution in [2.75, 3.05) is 0 Å². The molecule has 0 amide bonds. The molecule has 2 rings (SSSR count). The van der Waals surface area contributed by atoms with Crippen LogP contribution in [0.4, 0.5) is 0 Å². The third kappa shape index (κ3) is 3.27. The highest BCUT2D eigenvalue weighted by molar-refractivity contribution is 4.90. The van der Waals surface area contributed by atoms with Crippen LogP contribution in [0.1, 0.15) is 59.3 Å². The molecule has 106 valence electrons. The van der Waals surface area contributed by atoms with Gasteiger partial charge in [-0.1, -0.05) is 20.8 Å². The molecule has 0 aromatic rings. The lowest BCUT2D eigenvalue weighted by Crippen LogP contribution is -2.45. The molecular formula is C16H32N2. The van der Waals surface area contributed by atoms with E-state index in [0.29, 0.717) is 18.0 Å². The van der Waals surface area contributed by atoms with Gasteiger partial charge in [-0.2, -0.15) is 0 Å². The fraction of sp³-hybridized carbons (Fsp3) is 1.00. The fourth-order valence-corrected chi connectivity index (χ4v) is 4.52. The van der Waals surface area contributed by atoms with Gasteiger partial charge in [0.25, 0.3) is 0 Å². The van der Waals surface area contributed by atoms with E-state index in [0.717, 1.165) is 23.7 Å². The van der Waals surface area contributed by atoms with Crippen LogP contribution in [0.2, 0.25) is 0 Å². The highest BCUT2D eigenvalue weighted by Gasteiger charge is 2.35. The summed E-state index contributed by atoms with van der Waals surface area (Å²) in [7, 11) is 0. The Morgan fingerprint density at radius 3 is 2.00 bits per heavy atom. The minimum atomic E-state index is 0.414. The number of rotatable bonds is 2. The molecule has 2 aliphatic carbocycles. The molecule has 0 aromatic carbocycles. The smallest absolute Gasteiger partial charge is 0.00959 e. The van der Waals surface area contributed by atoms with Crippen LogP contribution in [-0.4, -0.2) is 12.1 Å². The third-order valence-electron chi connectivity index (χ3n) is 5.58. The highest BCUT2D eigenvalue weighted by atomic mass is 14.7. The summed E-state index contributed by atoms with van der Waals surface area (Å²) in [6.45, 7) is 7.10. The average Bonchev–Trinajstić information content (AvgIpc) is 2.30. The molecule has 4 N–H and O–H groups in total. The van der Waals surface area contributed by atoms with E-state index in [1.54, 1.807) is 0 Å². The van der Waals surface area contributed by atoms with Gasteiger partial charge < -0.3 is 11.5 Å². The van der Waals surface area contributed by atoms with Gasteiger partial charge in [-0.3, -0.25) is 0 Å². The van der Waals surface area contributed by atoms with Crippen molar-refractivity contribution in [3.05, 3.63) is 0 Å². The van der Waals surface area contributed by atoms with Gasteiger partial charge in [0.2, 0.25) is 0 Å². The Morgan fingerprint density at radius 2 is 1.44 bits per heavy atom. The van der Waals surface area contributed by atoms with Crippen molar-refractivity contribution < 1.29 is 0 Å². The van der Waals surface area contributed by atoms with Crippen LogP contribution in [0.15, 0.2) is 0 Å². The van der Waals surface area contributed by atoms with E-state index in [9.17, 15) is 0 Å². The Labute approximate surface area is 113 Å². The predicted octanol–water partition coefficient (Wildman–Crippen LogP) is 3.15. The van der Waals surface area contributed by atoms with Crippen LogP contribution in [0.3, 0.4) is 0 Å². The van der Waals surface area contributed by atoms with Crippen molar-refractivity contribution in [3.8, 4) is 0 Å². The van der Waals surface area contributed by atoms with Crippen molar-refractivity contribution in [2.45, 2.75) is 71.4 Å². The maximum Gasteiger partial charge on any atom is 0.00959 e. The zero-order valence-corrected chi connectivity index (χ0v) is 12.4. The SMILES string of the molecule is CC1CC(C)CC(C(N)C2CCC(N)C(C)C2)C1. The first-order valence-corrected chi connectivity index (χ1v) is 7.98. The van der Waals surface area contributed by atoms with E-state index in [1.807, 2.05) is 0 Å². The molecule has 0 aromatic heterocycles. The van der Waals surface area contributed by atoms with Gasteiger partial charge in [0.1, 0.15) is 0 Å². The Morgan fingerprint density at radius 1 is 0.833 bits per heavy atom. The van der Waals surface area contributed by atoms with E-state index in [1.165, 1.54) is 38.5 Å². The van der Waals surface area contributed by atoms with Crippen molar-refractivity contribution in [1.82, 2.24) is 0 Å². The molecule has 2 saturated carbocycles. The molecule has 2 nitrogen and oxygen atoms in total. The monoisotopic (exact) mass is 252 g/mol. The average molecular weight is 252 g/mol. The van der Waals surface area contributed by atoms with Gasteiger partial charge in [0, 0.05) is 12.1 Å². The van der Waals surface area contributed by atoms with Gasteiger partial charge in [-0.15, -0.1) is 0 Å². The zero-order chi connectivity index (χ0) is 13.3. The van der Waals surface area contributed by atoms with E-state index in [4.69, 9.17) is 11.5 Å². The van der Waals surface area contributed by atoms with Gasteiger partial charge in [-0.25, -0.2) is 0 Å². The summed E-state index contributed by atoms with van der Waals surface area (Å²) >= 11 is 0. The molecule has 0 heterocycles. The lowest BCUT2D eigenvalue weighted by Gasteiger charge is -2.41. The minimum Gasteiger partial charge on any atom is -0.327 e. The summed E-state index contributed by atoms with van der Waals surface area (Å²) in [5.74, 6) is 3.88. The highest BCUT2D eigenvalue weighted by Crippen LogP contribution is 2.39. The summed E-state index contributed by atoms with van der Waals surface area (Å²) in [6, 6.07) is 0.836. The Hall–Kier alpha value is -0.0800.